The molecule has 0 aliphatic heterocycles. The van der Waals surface area contributed by atoms with Crippen molar-refractivity contribution in [2.45, 2.75) is 24.3 Å². The number of anilines is 2. The summed E-state index contributed by atoms with van der Waals surface area (Å²) in [4.78, 5) is 0.190. The van der Waals surface area contributed by atoms with Gasteiger partial charge < -0.3 is 15.8 Å². The molecule has 0 aliphatic carbocycles. The molecule has 7 heteroatoms. The first-order valence-corrected chi connectivity index (χ1v) is 7.80. The topological polar surface area (TPSA) is 84.7 Å². The Labute approximate surface area is 121 Å². The van der Waals surface area contributed by atoms with E-state index in [0.29, 0.717) is 12.3 Å². The van der Waals surface area contributed by atoms with E-state index in [4.69, 9.17) is 10.5 Å². The second-order valence-corrected chi connectivity index (χ2v) is 7.02. The molecule has 0 radical (unpaired) electrons. The minimum Gasteiger partial charge on any atom is -0.397 e. The lowest BCUT2D eigenvalue weighted by Gasteiger charge is -2.18. The molecule has 1 aromatic carbocycles. The highest BCUT2D eigenvalue weighted by atomic mass is 32.2. The molecule has 0 amide bonds. The summed E-state index contributed by atoms with van der Waals surface area (Å²) in [5.74, 6) is 0. The highest BCUT2D eigenvalue weighted by molar-refractivity contribution is 7.89. The van der Waals surface area contributed by atoms with E-state index in [2.05, 4.69) is 5.32 Å². The summed E-state index contributed by atoms with van der Waals surface area (Å²) in [6.45, 7) is 2.67. The molecule has 0 spiro atoms. The lowest BCUT2D eigenvalue weighted by molar-refractivity contribution is 0.191. The van der Waals surface area contributed by atoms with Crippen LogP contribution in [-0.4, -0.2) is 46.6 Å². The Kier molecular flexibility index (Phi) is 5.79. The third kappa shape index (κ3) is 4.09. The maximum Gasteiger partial charge on any atom is 0.242 e. The molecule has 3 N–H and O–H groups in total. The molecule has 1 unspecified atom stereocenters. The van der Waals surface area contributed by atoms with Crippen LogP contribution in [0.5, 0.6) is 0 Å². The van der Waals surface area contributed by atoms with Crippen molar-refractivity contribution in [1.82, 2.24) is 4.31 Å². The van der Waals surface area contributed by atoms with Crippen molar-refractivity contribution in [3.05, 3.63) is 18.2 Å². The van der Waals surface area contributed by atoms with Crippen molar-refractivity contribution in [1.29, 1.82) is 0 Å². The van der Waals surface area contributed by atoms with Crippen molar-refractivity contribution in [3.8, 4) is 0 Å². The van der Waals surface area contributed by atoms with E-state index < -0.39 is 10.0 Å². The largest absolute Gasteiger partial charge is 0.397 e. The SMILES string of the molecule is COCCC(C)Nc1ccc(S(=O)(=O)N(C)C)cc1N. The van der Waals surface area contributed by atoms with Crippen LogP contribution in [0.1, 0.15) is 13.3 Å². The van der Waals surface area contributed by atoms with Gasteiger partial charge in [-0.25, -0.2) is 12.7 Å². The summed E-state index contributed by atoms with van der Waals surface area (Å²) in [5, 5.41) is 3.24. The predicted octanol–water partition coefficient (Wildman–Crippen LogP) is 1.36. The standard InChI is InChI=1S/C13H23N3O3S/c1-10(7-8-19-4)15-13-6-5-11(9-12(13)14)20(17,18)16(2)3/h5-6,9-10,15H,7-8,14H2,1-4H3. The Balaban J connectivity index is 2.89. The molecule has 1 atom stereocenters. The highest BCUT2D eigenvalue weighted by Crippen LogP contribution is 2.24. The van der Waals surface area contributed by atoms with Crippen molar-refractivity contribution in [2.24, 2.45) is 0 Å². The van der Waals surface area contributed by atoms with Crippen LogP contribution in [0.2, 0.25) is 0 Å². The summed E-state index contributed by atoms with van der Waals surface area (Å²) >= 11 is 0. The Bertz CT molecular complexity index is 544. The van der Waals surface area contributed by atoms with Crippen LogP contribution in [0.3, 0.4) is 0 Å². The Morgan fingerprint density at radius 3 is 2.55 bits per heavy atom. The van der Waals surface area contributed by atoms with Gasteiger partial charge in [0.1, 0.15) is 0 Å². The molecular weight excluding hydrogens is 278 g/mol. The number of rotatable bonds is 7. The van der Waals surface area contributed by atoms with Crippen LogP contribution in [0.4, 0.5) is 11.4 Å². The number of nitrogen functional groups attached to an aromatic ring is 1. The quantitative estimate of drug-likeness (QED) is 0.743. The number of hydrogen-bond donors (Lipinski definition) is 2. The van der Waals surface area contributed by atoms with Gasteiger partial charge in [0.05, 0.1) is 16.3 Å². The van der Waals surface area contributed by atoms with E-state index in [1.54, 1.807) is 19.2 Å². The maximum atomic E-state index is 12.0. The summed E-state index contributed by atoms with van der Waals surface area (Å²) < 4.78 is 30.2. The average Bonchev–Trinajstić information content (AvgIpc) is 2.38. The molecule has 20 heavy (non-hydrogen) atoms. The van der Waals surface area contributed by atoms with E-state index in [-0.39, 0.29) is 10.9 Å². The van der Waals surface area contributed by atoms with Gasteiger partial charge in [-0.1, -0.05) is 0 Å². The Hall–Kier alpha value is -1.31. The van der Waals surface area contributed by atoms with Crippen LogP contribution in [0.15, 0.2) is 23.1 Å². The molecule has 1 aromatic rings. The summed E-state index contributed by atoms with van der Waals surface area (Å²) in [6.07, 6.45) is 0.841. The fourth-order valence-corrected chi connectivity index (χ4v) is 2.61. The molecule has 0 aliphatic rings. The molecule has 114 valence electrons. The zero-order chi connectivity index (χ0) is 15.3. The van der Waals surface area contributed by atoms with Gasteiger partial charge in [-0.15, -0.1) is 0 Å². The van der Waals surface area contributed by atoms with Crippen LogP contribution in [0, 0.1) is 0 Å². The van der Waals surface area contributed by atoms with Crippen LogP contribution < -0.4 is 11.1 Å². The third-order valence-corrected chi connectivity index (χ3v) is 4.77. The van der Waals surface area contributed by atoms with Crippen LogP contribution >= 0.6 is 0 Å². The van der Waals surface area contributed by atoms with Gasteiger partial charge in [-0.2, -0.15) is 0 Å². The highest BCUT2D eigenvalue weighted by Gasteiger charge is 2.18. The smallest absolute Gasteiger partial charge is 0.242 e. The van der Waals surface area contributed by atoms with E-state index >= 15 is 0 Å². The first kappa shape index (κ1) is 16.7. The molecule has 0 bridgehead atoms. The molecule has 0 heterocycles. The monoisotopic (exact) mass is 301 g/mol. The molecule has 0 saturated carbocycles. The van der Waals surface area contributed by atoms with Crippen molar-refractivity contribution < 1.29 is 13.2 Å². The van der Waals surface area contributed by atoms with Gasteiger partial charge in [-0.3, -0.25) is 0 Å². The number of sulfonamides is 1. The van der Waals surface area contributed by atoms with Crippen molar-refractivity contribution in [3.63, 3.8) is 0 Å². The van der Waals surface area contributed by atoms with E-state index in [1.165, 1.54) is 20.2 Å². The Morgan fingerprint density at radius 1 is 1.40 bits per heavy atom. The minimum atomic E-state index is -3.45. The lowest BCUT2D eigenvalue weighted by atomic mass is 10.2. The first-order chi connectivity index (χ1) is 9.28. The number of methoxy groups -OCH3 is 1. The number of hydrogen-bond acceptors (Lipinski definition) is 5. The lowest BCUT2D eigenvalue weighted by Crippen LogP contribution is -2.22. The summed E-state index contributed by atoms with van der Waals surface area (Å²) in [6, 6.07) is 4.90. The van der Waals surface area contributed by atoms with Gasteiger partial charge in [0, 0.05) is 33.9 Å². The van der Waals surface area contributed by atoms with E-state index in [9.17, 15) is 8.42 Å². The van der Waals surface area contributed by atoms with Crippen LogP contribution in [-0.2, 0) is 14.8 Å². The average molecular weight is 301 g/mol. The van der Waals surface area contributed by atoms with Gasteiger partial charge in [0.25, 0.3) is 0 Å². The predicted molar refractivity (Wildman–Crippen MR) is 81.3 cm³/mol. The zero-order valence-corrected chi connectivity index (χ0v) is 13.2. The number of ether oxygens (including phenoxy) is 1. The maximum absolute atomic E-state index is 12.0. The normalized spacial score (nSPS) is 13.4. The molecule has 0 saturated heterocycles. The second-order valence-electron chi connectivity index (χ2n) is 4.86. The van der Waals surface area contributed by atoms with E-state index in [1.807, 2.05) is 6.92 Å². The fraction of sp³-hybridized carbons (Fsp3) is 0.538. The summed E-state index contributed by atoms with van der Waals surface area (Å²) in [5.41, 5.74) is 7.06. The van der Waals surface area contributed by atoms with Gasteiger partial charge in [0.2, 0.25) is 10.0 Å². The molecular formula is C13H23N3O3S. The Morgan fingerprint density at radius 2 is 2.05 bits per heavy atom. The number of nitrogens with two attached hydrogens (primary N) is 1. The second kappa shape index (κ2) is 6.92. The molecule has 0 aromatic heterocycles. The zero-order valence-electron chi connectivity index (χ0n) is 12.4. The molecule has 0 fully saturated rings. The summed E-state index contributed by atoms with van der Waals surface area (Å²) in [7, 11) is 1.18. The fourth-order valence-electron chi connectivity index (χ4n) is 1.68. The van der Waals surface area contributed by atoms with Crippen molar-refractivity contribution >= 4 is 21.4 Å². The number of nitrogens with zero attached hydrogens (tertiary/aromatic N) is 1. The number of benzene rings is 1. The van der Waals surface area contributed by atoms with Crippen LogP contribution in [0.25, 0.3) is 0 Å². The van der Waals surface area contributed by atoms with Crippen molar-refractivity contribution in [2.75, 3.05) is 38.9 Å². The third-order valence-electron chi connectivity index (χ3n) is 2.96. The number of nitrogens with one attached hydrogen (secondary N) is 1. The van der Waals surface area contributed by atoms with Gasteiger partial charge >= 0.3 is 0 Å². The van der Waals surface area contributed by atoms with E-state index in [0.717, 1.165) is 16.4 Å². The molecule has 1 rings (SSSR count). The van der Waals surface area contributed by atoms with Gasteiger partial charge in [0.15, 0.2) is 0 Å². The molecule has 6 nitrogen and oxygen atoms in total. The minimum absolute atomic E-state index is 0.188. The first-order valence-electron chi connectivity index (χ1n) is 6.36. The van der Waals surface area contributed by atoms with Gasteiger partial charge in [-0.05, 0) is 31.5 Å².